The van der Waals surface area contributed by atoms with Gasteiger partial charge >= 0.3 is 0 Å². The molecule has 0 amide bonds. The van der Waals surface area contributed by atoms with Crippen LogP contribution in [0.3, 0.4) is 0 Å². The Morgan fingerprint density at radius 3 is 2.39 bits per heavy atom. The fourth-order valence-corrected chi connectivity index (χ4v) is 1.92. The summed E-state index contributed by atoms with van der Waals surface area (Å²) in [6.45, 7) is 0. The molecule has 0 aromatic heterocycles. The van der Waals surface area contributed by atoms with Crippen molar-refractivity contribution in [1.29, 1.82) is 5.26 Å². The average molecular weight is 298 g/mol. The number of nitrogens with one attached hydrogen (secondary N) is 1. The first-order valence-electron chi connectivity index (χ1n) is 5.02. The van der Waals surface area contributed by atoms with E-state index in [9.17, 15) is 0 Å². The minimum absolute atomic E-state index is 0.453. The predicted molar refractivity (Wildman–Crippen MR) is 75.9 cm³/mol. The van der Waals surface area contributed by atoms with E-state index in [4.69, 9.17) is 40.1 Å². The van der Waals surface area contributed by atoms with Crippen molar-refractivity contribution in [2.75, 3.05) is 5.32 Å². The van der Waals surface area contributed by atoms with Crippen LogP contribution in [-0.2, 0) is 0 Å². The molecule has 2 rings (SSSR count). The number of hydrogen-bond acceptors (Lipinski definition) is 2. The number of hydrogen-bond donors (Lipinski definition) is 1. The summed E-state index contributed by atoms with van der Waals surface area (Å²) in [7, 11) is 0. The van der Waals surface area contributed by atoms with Crippen molar-refractivity contribution in [3.8, 4) is 6.07 Å². The van der Waals surface area contributed by atoms with Gasteiger partial charge in [-0.2, -0.15) is 5.26 Å². The summed E-state index contributed by atoms with van der Waals surface area (Å²) in [4.78, 5) is 0. The van der Waals surface area contributed by atoms with Crippen molar-refractivity contribution in [1.82, 2.24) is 0 Å². The Morgan fingerprint density at radius 1 is 0.944 bits per heavy atom. The monoisotopic (exact) mass is 296 g/mol. The molecule has 90 valence electrons. The molecule has 0 unspecified atom stereocenters. The van der Waals surface area contributed by atoms with Crippen molar-refractivity contribution in [3.63, 3.8) is 0 Å². The van der Waals surface area contributed by atoms with Gasteiger partial charge < -0.3 is 5.32 Å². The van der Waals surface area contributed by atoms with E-state index in [1.54, 1.807) is 36.4 Å². The summed E-state index contributed by atoms with van der Waals surface area (Å²) in [6.07, 6.45) is 0. The fourth-order valence-electron chi connectivity index (χ4n) is 1.45. The first kappa shape index (κ1) is 13.0. The molecule has 5 heteroatoms. The van der Waals surface area contributed by atoms with Gasteiger partial charge in [0.05, 0.1) is 21.3 Å². The molecule has 2 aromatic carbocycles. The Kier molecular flexibility index (Phi) is 3.98. The van der Waals surface area contributed by atoms with Crippen molar-refractivity contribution >= 4 is 46.2 Å². The number of nitriles is 1. The van der Waals surface area contributed by atoms with Crippen LogP contribution in [0.4, 0.5) is 11.4 Å². The second kappa shape index (κ2) is 5.49. The maximum absolute atomic E-state index is 9.02. The van der Waals surface area contributed by atoms with E-state index in [0.717, 1.165) is 5.69 Å². The minimum atomic E-state index is 0.453. The Balaban J connectivity index is 2.34. The van der Waals surface area contributed by atoms with Gasteiger partial charge in [0.25, 0.3) is 0 Å². The van der Waals surface area contributed by atoms with E-state index >= 15 is 0 Å². The largest absolute Gasteiger partial charge is 0.354 e. The van der Waals surface area contributed by atoms with Gasteiger partial charge in [0.2, 0.25) is 0 Å². The number of rotatable bonds is 2. The minimum Gasteiger partial charge on any atom is -0.354 e. The van der Waals surface area contributed by atoms with Crippen molar-refractivity contribution in [3.05, 3.63) is 57.0 Å². The molecule has 0 atom stereocenters. The molecule has 0 bridgehead atoms. The highest BCUT2D eigenvalue weighted by molar-refractivity contribution is 6.42. The Morgan fingerprint density at radius 2 is 1.72 bits per heavy atom. The third kappa shape index (κ3) is 2.88. The highest BCUT2D eigenvalue weighted by Crippen LogP contribution is 2.28. The standard InChI is InChI=1S/C13H7Cl3N2/c14-9-1-4-13(8(5-9)7-17)18-10-2-3-11(15)12(16)6-10/h1-6,18H. The van der Waals surface area contributed by atoms with E-state index in [2.05, 4.69) is 11.4 Å². The van der Waals surface area contributed by atoms with E-state index in [0.29, 0.717) is 26.3 Å². The lowest BCUT2D eigenvalue weighted by Gasteiger charge is -2.09. The summed E-state index contributed by atoms with van der Waals surface area (Å²) in [6, 6.07) is 12.3. The molecule has 0 radical (unpaired) electrons. The average Bonchev–Trinajstić information content (AvgIpc) is 2.36. The van der Waals surface area contributed by atoms with Gasteiger partial charge in [-0.3, -0.25) is 0 Å². The predicted octanol–water partition coefficient (Wildman–Crippen LogP) is 5.26. The van der Waals surface area contributed by atoms with Crippen LogP contribution < -0.4 is 5.32 Å². The van der Waals surface area contributed by atoms with Crippen LogP contribution in [0, 0.1) is 11.3 Å². The Hall–Kier alpha value is -1.40. The van der Waals surface area contributed by atoms with Crippen molar-refractivity contribution in [2.24, 2.45) is 0 Å². The van der Waals surface area contributed by atoms with Crippen LogP contribution in [0.2, 0.25) is 15.1 Å². The third-order valence-corrected chi connectivity index (χ3v) is 3.27. The SMILES string of the molecule is N#Cc1cc(Cl)ccc1Nc1ccc(Cl)c(Cl)c1. The van der Waals surface area contributed by atoms with Crippen molar-refractivity contribution in [2.45, 2.75) is 0 Å². The van der Waals surface area contributed by atoms with Gasteiger partial charge in [-0.05, 0) is 36.4 Å². The maximum Gasteiger partial charge on any atom is 0.101 e. The Labute approximate surface area is 120 Å². The molecule has 0 aliphatic carbocycles. The lowest BCUT2D eigenvalue weighted by Crippen LogP contribution is -1.93. The van der Waals surface area contributed by atoms with Crippen LogP contribution in [0.1, 0.15) is 5.56 Å². The van der Waals surface area contributed by atoms with Gasteiger partial charge in [-0.1, -0.05) is 34.8 Å². The lowest BCUT2D eigenvalue weighted by atomic mass is 10.2. The second-order valence-electron chi connectivity index (χ2n) is 3.56. The number of halogens is 3. The lowest BCUT2D eigenvalue weighted by molar-refractivity contribution is 1.46. The van der Waals surface area contributed by atoms with Crippen LogP contribution in [0.15, 0.2) is 36.4 Å². The first-order chi connectivity index (χ1) is 8.60. The van der Waals surface area contributed by atoms with Gasteiger partial charge in [-0.25, -0.2) is 0 Å². The molecule has 2 aromatic rings. The molecular formula is C13H7Cl3N2. The van der Waals surface area contributed by atoms with Gasteiger partial charge in [-0.15, -0.1) is 0 Å². The van der Waals surface area contributed by atoms with Gasteiger partial charge in [0.15, 0.2) is 0 Å². The second-order valence-corrected chi connectivity index (χ2v) is 4.81. The molecule has 0 saturated heterocycles. The molecular weight excluding hydrogens is 291 g/mol. The van der Waals surface area contributed by atoms with Crippen LogP contribution in [0.25, 0.3) is 0 Å². The molecule has 1 N–H and O–H groups in total. The molecule has 0 saturated carbocycles. The molecule has 0 spiro atoms. The summed E-state index contributed by atoms with van der Waals surface area (Å²) < 4.78 is 0. The third-order valence-electron chi connectivity index (χ3n) is 2.30. The molecule has 18 heavy (non-hydrogen) atoms. The maximum atomic E-state index is 9.02. The van der Waals surface area contributed by atoms with E-state index in [1.807, 2.05) is 0 Å². The molecule has 0 aliphatic heterocycles. The van der Waals surface area contributed by atoms with E-state index in [1.165, 1.54) is 0 Å². The normalized spacial score (nSPS) is 9.89. The summed E-state index contributed by atoms with van der Waals surface area (Å²) >= 11 is 17.6. The van der Waals surface area contributed by atoms with Crippen LogP contribution in [0.5, 0.6) is 0 Å². The van der Waals surface area contributed by atoms with Gasteiger partial charge in [0.1, 0.15) is 6.07 Å². The molecule has 0 fully saturated rings. The zero-order valence-corrected chi connectivity index (χ0v) is 11.3. The number of nitrogens with zero attached hydrogens (tertiary/aromatic N) is 1. The topological polar surface area (TPSA) is 35.8 Å². The zero-order chi connectivity index (χ0) is 13.1. The highest BCUT2D eigenvalue weighted by Gasteiger charge is 2.05. The van der Waals surface area contributed by atoms with Crippen LogP contribution >= 0.6 is 34.8 Å². The van der Waals surface area contributed by atoms with E-state index in [-0.39, 0.29) is 0 Å². The molecule has 0 heterocycles. The first-order valence-corrected chi connectivity index (χ1v) is 6.15. The summed E-state index contributed by atoms with van der Waals surface area (Å²) in [5.41, 5.74) is 1.89. The molecule has 2 nitrogen and oxygen atoms in total. The molecule has 0 aliphatic rings. The number of benzene rings is 2. The quantitative estimate of drug-likeness (QED) is 0.820. The van der Waals surface area contributed by atoms with Crippen LogP contribution in [-0.4, -0.2) is 0 Å². The van der Waals surface area contributed by atoms with E-state index < -0.39 is 0 Å². The smallest absolute Gasteiger partial charge is 0.101 e. The number of anilines is 2. The summed E-state index contributed by atoms with van der Waals surface area (Å²) in [5, 5.41) is 13.6. The fraction of sp³-hybridized carbons (Fsp3) is 0. The van der Waals surface area contributed by atoms with Crippen molar-refractivity contribution < 1.29 is 0 Å². The highest BCUT2D eigenvalue weighted by atomic mass is 35.5. The van der Waals surface area contributed by atoms with Gasteiger partial charge in [0, 0.05) is 10.7 Å². The Bertz CT molecular complexity index is 633. The zero-order valence-electron chi connectivity index (χ0n) is 9.05. The summed E-state index contributed by atoms with van der Waals surface area (Å²) in [5.74, 6) is 0.